The Morgan fingerprint density at radius 2 is 1.96 bits per heavy atom. The molecule has 4 nitrogen and oxygen atoms in total. The molecule has 1 aromatic carbocycles. The van der Waals surface area contributed by atoms with Gasteiger partial charge in [0, 0.05) is 40.8 Å². The number of aromatic nitrogens is 1. The lowest BCUT2D eigenvalue weighted by molar-refractivity contribution is 0.283. The summed E-state index contributed by atoms with van der Waals surface area (Å²) in [6.45, 7) is 4.25. The average Bonchev–Trinajstić information content (AvgIpc) is 3.06. The van der Waals surface area contributed by atoms with Crippen LogP contribution in [0.15, 0.2) is 54.9 Å². The molecule has 3 aromatic rings. The van der Waals surface area contributed by atoms with Gasteiger partial charge >= 0.3 is 0 Å². The Labute approximate surface area is 152 Å². The number of nitrogens with zero attached hydrogens (tertiary/aromatic N) is 1. The lowest BCUT2D eigenvalue weighted by atomic mass is 10.2. The largest absolute Gasteiger partial charge is 0.493 e. The first kappa shape index (κ1) is 17.5. The molecule has 0 saturated heterocycles. The number of hydrogen-bond acceptors (Lipinski definition) is 5. The molecule has 0 spiro atoms. The van der Waals surface area contributed by atoms with E-state index < -0.39 is 0 Å². The molecule has 0 aliphatic rings. The van der Waals surface area contributed by atoms with Crippen molar-refractivity contribution in [1.29, 1.82) is 0 Å². The highest BCUT2D eigenvalue weighted by Crippen LogP contribution is 2.29. The summed E-state index contributed by atoms with van der Waals surface area (Å²) in [5, 5.41) is 3.47. The van der Waals surface area contributed by atoms with E-state index in [9.17, 15) is 0 Å². The minimum Gasteiger partial charge on any atom is -0.493 e. The Hall–Kier alpha value is -2.37. The van der Waals surface area contributed by atoms with Gasteiger partial charge in [0.2, 0.25) is 0 Å². The molecule has 130 valence electrons. The van der Waals surface area contributed by atoms with Crippen LogP contribution in [-0.4, -0.2) is 12.1 Å². The first-order chi connectivity index (χ1) is 12.2. The van der Waals surface area contributed by atoms with Crippen LogP contribution in [0.4, 0.5) is 0 Å². The van der Waals surface area contributed by atoms with Crippen molar-refractivity contribution < 1.29 is 9.47 Å². The topological polar surface area (TPSA) is 43.4 Å². The number of pyridine rings is 1. The van der Waals surface area contributed by atoms with Gasteiger partial charge in [-0.25, -0.2) is 0 Å². The van der Waals surface area contributed by atoms with Crippen LogP contribution in [0.25, 0.3) is 0 Å². The number of hydrogen-bond donors (Lipinski definition) is 1. The molecular weight excluding hydrogens is 332 g/mol. The number of aryl methyl sites for hydroxylation is 1. The smallest absolute Gasteiger partial charge is 0.161 e. The maximum atomic E-state index is 5.93. The van der Waals surface area contributed by atoms with E-state index in [2.05, 4.69) is 35.4 Å². The van der Waals surface area contributed by atoms with Crippen LogP contribution in [0, 0.1) is 6.92 Å². The Balaban J connectivity index is 1.60. The number of rotatable bonds is 8. The lowest BCUT2D eigenvalue weighted by Crippen LogP contribution is -2.12. The highest BCUT2D eigenvalue weighted by Gasteiger charge is 2.07. The molecule has 2 heterocycles. The van der Waals surface area contributed by atoms with Gasteiger partial charge in [-0.15, -0.1) is 11.3 Å². The van der Waals surface area contributed by atoms with Crippen molar-refractivity contribution in [2.45, 2.75) is 26.6 Å². The Morgan fingerprint density at radius 1 is 1.04 bits per heavy atom. The molecule has 0 atom stereocenters. The van der Waals surface area contributed by atoms with E-state index in [-0.39, 0.29) is 0 Å². The molecule has 25 heavy (non-hydrogen) atoms. The van der Waals surface area contributed by atoms with Crippen LogP contribution < -0.4 is 14.8 Å². The summed E-state index contributed by atoms with van der Waals surface area (Å²) in [7, 11) is 1.66. The molecule has 0 aliphatic carbocycles. The fourth-order valence-electron chi connectivity index (χ4n) is 2.50. The highest BCUT2D eigenvalue weighted by molar-refractivity contribution is 7.11. The van der Waals surface area contributed by atoms with Crippen LogP contribution in [-0.2, 0) is 19.7 Å². The molecule has 0 amide bonds. The molecular formula is C20H22N2O2S. The molecule has 5 heteroatoms. The van der Waals surface area contributed by atoms with Gasteiger partial charge in [-0.2, -0.15) is 0 Å². The van der Waals surface area contributed by atoms with E-state index >= 15 is 0 Å². The van der Waals surface area contributed by atoms with E-state index in [1.54, 1.807) is 19.5 Å². The van der Waals surface area contributed by atoms with Gasteiger partial charge in [-0.3, -0.25) is 4.98 Å². The van der Waals surface area contributed by atoms with Gasteiger partial charge < -0.3 is 14.8 Å². The van der Waals surface area contributed by atoms with Crippen molar-refractivity contribution in [2.24, 2.45) is 0 Å². The maximum Gasteiger partial charge on any atom is 0.161 e. The molecule has 0 radical (unpaired) electrons. The third-order valence-electron chi connectivity index (χ3n) is 3.77. The molecule has 0 unspecified atom stereocenters. The van der Waals surface area contributed by atoms with Crippen LogP contribution in [0.5, 0.6) is 11.5 Å². The maximum absolute atomic E-state index is 5.93. The zero-order valence-electron chi connectivity index (χ0n) is 14.5. The highest BCUT2D eigenvalue weighted by atomic mass is 32.1. The summed E-state index contributed by atoms with van der Waals surface area (Å²) in [6, 6.07) is 14.3. The van der Waals surface area contributed by atoms with Crippen LogP contribution in [0.3, 0.4) is 0 Å². The first-order valence-corrected chi connectivity index (χ1v) is 9.01. The number of ether oxygens (including phenoxy) is 2. The molecule has 0 fully saturated rings. The fourth-order valence-corrected chi connectivity index (χ4v) is 3.36. The Morgan fingerprint density at radius 3 is 2.68 bits per heavy atom. The van der Waals surface area contributed by atoms with Gasteiger partial charge in [-0.1, -0.05) is 12.1 Å². The number of nitrogens with one attached hydrogen (secondary N) is 1. The standard InChI is InChI=1S/C20H22N2O2S/c1-15-5-7-18(25-15)13-22-11-16-6-8-19(23-2)20(10-16)24-14-17-4-3-9-21-12-17/h3-10,12,22H,11,13-14H2,1-2H3. The second kappa shape index (κ2) is 8.65. The predicted octanol–water partition coefficient (Wildman–Crippen LogP) is 4.33. The van der Waals surface area contributed by atoms with Crippen LogP contribution >= 0.6 is 11.3 Å². The monoisotopic (exact) mass is 354 g/mol. The summed E-state index contributed by atoms with van der Waals surface area (Å²) >= 11 is 1.82. The summed E-state index contributed by atoms with van der Waals surface area (Å²) in [6.07, 6.45) is 3.56. The van der Waals surface area contributed by atoms with Crippen LogP contribution in [0.1, 0.15) is 20.9 Å². The number of methoxy groups -OCH3 is 1. The number of benzene rings is 1. The van der Waals surface area contributed by atoms with Crippen molar-refractivity contribution in [3.05, 3.63) is 75.7 Å². The molecule has 0 saturated carbocycles. The van der Waals surface area contributed by atoms with Crippen molar-refractivity contribution in [3.8, 4) is 11.5 Å². The lowest BCUT2D eigenvalue weighted by Gasteiger charge is -2.13. The minimum atomic E-state index is 0.468. The van der Waals surface area contributed by atoms with E-state index in [0.717, 1.165) is 35.7 Å². The zero-order chi connectivity index (χ0) is 17.5. The fraction of sp³-hybridized carbons (Fsp3) is 0.250. The first-order valence-electron chi connectivity index (χ1n) is 8.19. The van der Waals surface area contributed by atoms with Crippen molar-refractivity contribution in [2.75, 3.05) is 7.11 Å². The van der Waals surface area contributed by atoms with Crippen LogP contribution in [0.2, 0.25) is 0 Å². The summed E-state index contributed by atoms with van der Waals surface area (Å²) in [4.78, 5) is 6.79. The Kier molecular flexibility index (Phi) is 6.04. The average molecular weight is 354 g/mol. The van der Waals surface area contributed by atoms with E-state index in [1.807, 2.05) is 35.6 Å². The molecule has 1 N–H and O–H groups in total. The zero-order valence-corrected chi connectivity index (χ0v) is 15.3. The van der Waals surface area contributed by atoms with Gasteiger partial charge in [0.05, 0.1) is 7.11 Å². The van der Waals surface area contributed by atoms with E-state index in [4.69, 9.17) is 9.47 Å². The van der Waals surface area contributed by atoms with Crippen molar-refractivity contribution in [3.63, 3.8) is 0 Å². The summed E-state index contributed by atoms with van der Waals surface area (Å²) < 4.78 is 11.3. The minimum absolute atomic E-state index is 0.468. The summed E-state index contributed by atoms with van der Waals surface area (Å²) in [5.41, 5.74) is 2.19. The second-order valence-corrected chi connectivity index (χ2v) is 7.12. The Bertz CT molecular complexity index is 802. The summed E-state index contributed by atoms with van der Waals surface area (Å²) in [5.74, 6) is 1.49. The molecule has 0 bridgehead atoms. The van der Waals surface area contributed by atoms with Gasteiger partial charge in [-0.05, 0) is 42.8 Å². The van der Waals surface area contributed by atoms with E-state index in [0.29, 0.717) is 6.61 Å². The molecule has 2 aromatic heterocycles. The third kappa shape index (κ3) is 5.05. The van der Waals surface area contributed by atoms with E-state index in [1.165, 1.54) is 9.75 Å². The van der Waals surface area contributed by atoms with Gasteiger partial charge in [0.15, 0.2) is 11.5 Å². The van der Waals surface area contributed by atoms with Crippen molar-refractivity contribution >= 4 is 11.3 Å². The predicted molar refractivity (Wildman–Crippen MR) is 101 cm³/mol. The SMILES string of the molecule is COc1ccc(CNCc2ccc(C)s2)cc1OCc1cccnc1. The second-order valence-electron chi connectivity index (χ2n) is 5.75. The molecule has 0 aliphatic heterocycles. The quantitative estimate of drug-likeness (QED) is 0.654. The normalized spacial score (nSPS) is 10.6. The third-order valence-corrected chi connectivity index (χ3v) is 4.77. The number of thiophene rings is 1. The molecule has 3 rings (SSSR count). The van der Waals surface area contributed by atoms with Gasteiger partial charge in [0.25, 0.3) is 0 Å². The van der Waals surface area contributed by atoms with Crippen molar-refractivity contribution in [1.82, 2.24) is 10.3 Å². The van der Waals surface area contributed by atoms with Gasteiger partial charge in [0.1, 0.15) is 6.61 Å².